The van der Waals surface area contributed by atoms with Gasteiger partial charge in [-0.25, -0.2) is 4.98 Å². The molecule has 0 atom stereocenters. The number of fused-ring (bicyclic) bond motifs is 1. The van der Waals surface area contributed by atoms with Crippen molar-refractivity contribution in [1.29, 1.82) is 0 Å². The molecule has 0 bridgehead atoms. The highest BCUT2D eigenvalue weighted by molar-refractivity contribution is 7.99. The Labute approximate surface area is 192 Å². The molecule has 0 N–H and O–H groups in total. The third kappa shape index (κ3) is 6.11. The molecule has 0 unspecified atom stereocenters. The second-order valence-electron chi connectivity index (χ2n) is 6.78. The number of anilines is 1. The van der Waals surface area contributed by atoms with Crippen molar-refractivity contribution in [3.8, 4) is 5.75 Å². The Hall–Kier alpha value is -1.80. The van der Waals surface area contributed by atoms with Gasteiger partial charge in [-0.15, -0.1) is 24.2 Å². The van der Waals surface area contributed by atoms with Crippen LogP contribution in [0.4, 0.5) is 5.13 Å². The Morgan fingerprint density at radius 2 is 1.93 bits per heavy atom. The summed E-state index contributed by atoms with van der Waals surface area (Å²) in [4.78, 5) is 23.1. The number of carbonyl (C=O) groups excluding carboxylic acids is 1. The lowest BCUT2D eigenvalue weighted by Gasteiger charge is -2.22. The molecule has 0 fully saturated rings. The summed E-state index contributed by atoms with van der Waals surface area (Å²) in [6.45, 7) is 6.04. The highest BCUT2D eigenvalue weighted by atomic mass is 35.5. The summed E-state index contributed by atoms with van der Waals surface area (Å²) in [5.74, 6) is 1.78. The van der Waals surface area contributed by atoms with Crippen molar-refractivity contribution >= 4 is 56.8 Å². The van der Waals surface area contributed by atoms with Crippen LogP contribution in [0, 0.1) is 0 Å². The number of thioether (sulfide) groups is 1. The minimum absolute atomic E-state index is 0. The predicted octanol–water partition coefficient (Wildman–Crippen LogP) is 5.44. The summed E-state index contributed by atoms with van der Waals surface area (Å²) in [6.07, 6.45) is 0. The van der Waals surface area contributed by atoms with Gasteiger partial charge < -0.3 is 9.64 Å². The maximum Gasteiger partial charge on any atom is 0.260 e. The zero-order chi connectivity index (χ0) is 20.8. The summed E-state index contributed by atoms with van der Waals surface area (Å²) in [7, 11) is 4.02. The van der Waals surface area contributed by atoms with Crippen molar-refractivity contribution in [3.63, 3.8) is 0 Å². The van der Waals surface area contributed by atoms with Crippen LogP contribution in [-0.2, 0) is 0 Å². The minimum Gasteiger partial charge on any atom is -0.494 e. The average molecular weight is 466 g/mol. The Morgan fingerprint density at radius 3 is 2.63 bits per heavy atom. The van der Waals surface area contributed by atoms with Crippen molar-refractivity contribution in [1.82, 2.24) is 9.88 Å². The largest absolute Gasteiger partial charge is 0.494 e. The van der Waals surface area contributed by atoms with Crippen molar-refractivity contribution < 1.29 is 9.53 Å². The first kappa shape index (κ1) is 24.5. The van der Waals surface area contributed by atoms with Gasteiger partial charge in [0.25, 0.3) is 5.91 Å². The van der Waals surface area contributed by atoms with Crippen molar-refractivity contribution in [3.05, 3.63) is 48.0 Å². The average Bonchev–Trinajstić information content (AvgIpc) is 3.11. The van der Waals surface area contributed by atoms with E-state index in [9.17, 15) is 4.79 Å². The molecule has 0 radical (unpaired) electrons. The van der Waals surface area contributed by atoms with Crippen molar-refractivity contribution in [2.75, 3.05) is 44.4 Å². The molecule has 3 rings (SSSR count). The summed E-state index contributed by atoms with van der Waals surface area (Å²) in [6, 6.07) is 13.7. The van der Waals surface area contributed by atoms with Gasteiger partial charge >= 0.3 is 0 Å². The number of carbonyl (C=O) groups is 1. The van der Waals surface area contributed by atoms with Crippen LogP contribution in [0.25, 0.3) is 10.2 Å². The maximum atomic E-state index is 13.4. The zero-order valence-corrected chi connectivity index (χ0v) is 20.2. The number of thiazole rings is 1. The highest BCUT2D eigenvalue weighted by Crippen LogP contribution is 2.32. The summed E-state index contributed by atoms with van der Waals surface area (Å²) in [5, 5.41) is 0.717. The lowest BCUT2D eigenvalue weighted by Crippen LogP contribution is -2.36. The van der Waals surface area contributed by atoms with Gasteiger partial charge in [0.15, 0.2) is 5.13 Å². The van der Waals surface area contributed by atoms with Crippen LogP contribution in [0.5, 0.6) is 5.75 Å². The van der Waals surface area contributed by atoms with Crippen LogP contribution in [0.15, 0.2) is 47.4 Å². The minimum atomic E-state index is -0.0190. The number of rotatable bonds is 9. The number of likely N-dealkylation sites (N-methyl/N-ethyl adjacent to an activating group) is 1. The molecule has 0 saturated heterocycles. The number of hydrogen-bond acceptors (Lipinski definition) is 6. The smallest absolute Gasteiger partial charge is 0.260 e. The van der Waals surface area contributed by atoms with E-state index in [4.69, 9.17) is 9.72 Å². The number of nitrogens with zero attached hydrogens (tertiary/aromatic N) is 3. The van der Waals surface area contributed by atoms with Crippen LogP contribution >= 0.6 is 35.5 Å². The van der Waals surface area contributed by atoms with Gasteiger partial charge in [-0.3, -0.25) is 9.69 Å². The fraction of sp³-hybridized carbons (Fsp3) is 0.364. The normalized spacial score (nSPS) is 10.8. The molecule has 0 spiro atoms. The first-order valence-electron chi connectivity index (χ1n) is 9.74. The summed E-state index contributed by atoms with van der Waals surface area (Å²) >= 11 is 3.26. The number of amides is 1. The van der Waals surface area contributed by atoms with Gasteiger partial charge in [0, 0.05) is 23.5 Å². The molecule has 0 aliphatic carbocycles. The first-order chi connectivity index (χ1) is 14.0. The van der Waals surface area contributed by atoms with E-state index in [1.54, 1.807) is 16.7 Å². The van der Waals surface area contributed by atoms with E-state index in [2.05, 4.69) is 11.8 Å². The standard InChI is InChI=1S/C22H27N3O2S2.ClH/c1-5-27-17-10-11-19-20(15-17)29-22(23-19)25(13-12-24(3)4)21(26)16-8-7-9-18(14-16)28-6-2;/h7-11,14-15H,5-6,12-13H2,1-4H3;1H. The Kier molecular flexibility index (Phi) is 9.42. The van der Waals surface area contributed by atoms with Gasteiger partial charge in [-0.2, -0.15) is 0 Å². The molecule has 0 saturated carbocycles. The van der Waals surface area contributed by atoms with Crippen LogP contribution in [0.1, 0.15) is 24.2 Å². The molecule has 1 aromatic heterocycles. The van der Waals surface area contributed by atoms with Gasteiger partial charge in [0.05, 0.1) is 16.8 Å². The topological polar surface area (TPSA) is 45.7 Å². The lowest BCUT2D eigenvalue weighted by molar-refractivity contribution is 0.0985. The third-order valence-corrected chi connectivity index (χ3v) is 6.22. The molecule has 3 aromatic rings. The third-order valence-electron chi connectivity index (χ3n) is 4.30. The van der Waals surface area contributed by atoms with Crippen molar-refractivity contribution in [2.24, 2.45) is 0 Å². The fourth-order valence-electron chi connectivity index (χ4n) is 2.89. The monoisotopic (exact) mass is 465 g/mol. The molecular weight excluding hydrogens is 438 g/mol. The summed E-state index contributed by atoms with van der Waals surface area (Å²) in [5.41, 5.74) is 1.57. The maximum absolute atomic E-state index is 13.4. The second kappa shape index (κ2) is 11.6. The molecule has 0 aliphatic rings. The number of benzene rings is 2. The lowest BCUT2D eigenvalue weighted by atomic mass is 10.2. The Balaban J connectivity index is 0.00000320. The van der Waals surface area contributed by atoms with Gasteiger partial charge in [-0.05, 0) is 63.2 Å². The predicted molar refractivity (Wildman–Crippen MR) is 131 cm³/mol. The molecule has 5 nitrogen and oxygen atoms in total. The van der Waals surface area contributed by atoms with E-state index < -0.39 is 0 Å². The molecule has 162 valence electrons. The van der Waals surface area contributed by atoms with E-state index in [0.717, 1.165) is 33.2 Å². The van der Waals surface area contributed by atoms with E-state index >= 15 is 0 Å². The number of halogens is 1. The van der Waals surface area contributed by atoms with Crippen LogP contribution in [-0.4, -0.2) is 55.3 Å². The second-order valence-corrected chi connectivity index (χ2v) is 9.13. The molecule has 1 amide bonds. The molecule has 8 heteroatoms. The zero-order valence-electron chi connectivity index (χ0n) is 17.8. The van der Waals surface area contributed by atoms with E-state index in [1.807, 2.05) is 63.5 Å². The van der Waals surface area contributed by atoms with E-state index in [-0.39, 0.29) is 18.3 Å². The van der Waals surface area contributed by atoms with Gasteiger partial charge in [0.1, 0.15) is 5.75 Å². The molecule has 2 aromatic carbocycles. The van der Waals surface area contributed by atoms with Crippen LogP contribution in [0.3, 0.4) is 0 Å². The Morgan fingerprint density at radius 1 is 1.13 bits per heavy atom. The Bertz CT molecular complexity index is 978. The van der Waals surface area contributed by atoms with Crippen LogP contribution < -0.4 is 9.64 Å². The first-order valence-corrected chi connectivity index (χ1v) is 11.5. The fourth-order valence-corrected chi connectivity index (χ4v) is 4.63. The summed E-state index contributed by atoms with van der Waals surface area (Å²) < 4.78 is 6.62. The van der Waals surface area contributed by atoms with E-state index in [0.29, 0.717) is 23.8 Å². The quantitative estimate of drug-likeness (QED) is 0.394. The molecule has 0 aliphatic heterocycles. The van der Waals surface area contributed by atoms with Gasteiger partial charge in [-0.1, -0.05) is 24.3 Å². The number of ether oxygens (including phenoxy) is 1. The van der Waals surface area contributed by atoms with Crippen molar-refractivity contribution in [2.45, 2.75) is 18.7 Å². The highest BCUT2D eigenvalue weighted by Gasteiger charge is 2.22. The SMILES string of the molecule is CCOc1ccc2nc(N(CCN(C)C)C(=O)c3cccc(SCC)c3)sc2c1.Cl. The molecule has 1 heterocycles. The van der Waals surface area contributed by atoms with Gasteiger partial charge in [0.2, 0.25) is 0 Å². The molecule has 30 heavy (non-hydrogen) atoms. The number of aromatic nitrogens is 1. The number of hydrogen-bond donors (Lipinski definition) is 0. The van der Waals surface area contributed by atoms with E-state index in [1.165, 1.54) is 11.3 Å². The molecular formula is C22H28ClN3O2S2. The van der Waals surface area contributed by atoms with Crippen LogP contribution in [0.2, 0.25) is 0 Å².